The minimum absolute atomic E-state index is 0.539. The summed E-state index contributed by atoms with van der Waals surface area (Å²) in [6.07, 6.45) is 5.97. The number of rotatable bonds is 9. The third-order valence-corrected chi connectivity index (χ3v) is 3.24. The fourth-order valence-electron chi connectivity index (χ4n) is 1.61. The van der Waals surface area contributed by atoms with Crippen molar-refractivity contribution in [3.63, 3.8) is 0 Å². The SMILES string of the molecule is CCCCC(CC)CNCC(C)(O)CC. The second kappa shape index (κ2) is 8.12. The van der Waals surface area contributed by atoms with E-state index in [-0.39, 0.29) is 0 Å². The van der Waals surface area contributed by atoms with Gasteiger partial charge in [-0.1, -0.05) is 40.0 Å². The molecule has 0 aliphatic carbocycles. The average molecular weight is 215 g/mol. The van der Waals surface area contributed by atoms with Gasteiger partial charge in [0.05, 0.1) is 5.60 Å². The van der Waals surface area contributed by atoms with Gasteiger partial charge in [-0.15, -0.1) is 0 Å². The topological polar surface area (TPSA) is 32.3 Å². The maximum atomic E-state index is 9.82. The normalized spacial score (nSPS) is 17.4. The maximum absolute atomic E-state index is 9.82. The fraction of sp³-hybridized carbons (Fsp3) is 1.00. The molecule has 0 aliphatic heterocycles. The standard InChI is InChI=1S/C13H29NO/c1-5-8-9-12(6-2)10-14-11-13(4,15)7-3/h12,14-15H,5-11H2,1-4H3. The molecule has 92 valence electrons. The molecule has 2 heteroatoms. The quantitative estimate of drug-likeness (QED) is 0.620. The fourth-order valence-corrected chi connectivity index (χ4v) is 1.61. The molecular formula is C13H29NO. The van der Waals surface area contributed by atoms with Gasteiger partial charge in [0.1, 0.15) is 0 Å². The van der Waals surface area contributed by atoms with Crippen LogP contribution in [0, 0.1) is 5.92 Å². The Bertz CT molecular complexity index is 145. The van der Waals surface area contributed by atoms with E-state index in [2.05, 4.69) is 19.2 Å². The Kier molecular flexibility index (Phi) is 8.07. The van der Waals surface area contributed by atoms with Crippen LogP contribution >= 0.6 is 0 Å². The number of aliphatic hydroxyl groups is 1. The molecule has 0 bridgehead atoms. The summed E-state index contributed by atoms with van der Waals surface area (Å²) < 4.78 is 0. The highest BCUT2D eigenvalue weighted by Gasteiger charge is 2.17. The van der Waals surface area contributed by atoms with E-state index in [0.29, 0.717) is 6.54 Å². The average Bonchev–Trinajstić information content (AvgIpc) is 2.23. The Morgan fingerprint density at radius 3 is 2.40 bits per heavy atom. The van der Waals surface area contributed by atoms with E-state index in [1.807, 2.05) is 13.8 Å². The summed E-state index contributed by atoms with van der Waals surface area (Å²) in [5.74, 6) is 0.776. The summed E-state index contributed by atoms with van der Waals surface area (Å²) in [7, 11) is 0. The van der Waals surface area contributed by atoms with Gasteiger partial charge in [-0.3, -0.25) is 0 Å². The summed E-state index contributed by atoms with van der Waals surface area (Å²) in [6, 6.07) is 0. The smallest absolute Gasteiger partial charge is 0.0740 e. The Morgan fingerprint density at radius 1 is 1.27 bits per heavy atom. The molecule has 0 rings (SSSR count). The van der Waals surface area contributed by atoms with Crippen LogP contribution < -0.4 is 5.32 Å². The van der Waals surface area contributed by atoms with Gasteiger partial charge in [0.25, 0.3) is 0 Å². The third kappa shape index (κ3) is 7.80. The van der Waals surface area contributed by atoms with Crippen LogP contribution in [-0.2, 0) is 0 Å². The Balaban J connectivity index is 3.62. The molecule has 0 spiro atoms. The summed E-state index contributed by atoms with van der Waals surface area (Å²) in [6.45, 7) is 10.2. The number of hydrogen-bond donors (Lipinski definition) is 2. The molecule has 0 amide bonds. The number of hydrogen-bond acceptors (Lipinski definition) is 2. The van der Waals surface area contributed by atoms with Crippen molar-refractivity contribution in [2.45, 2.75) is 65.4 Å². The zero-order valence-electron chi connectivity index (χ0n) is 11.0. The van der Waals surface area contributed by atoms with Crippen molar-refractivity contribution in [3.05, 3.63) is 0 Å². The Labute approximate surface area is 95.5 Å². The van der Waals surface area contributed by atoms with Gasteiger partial charge in [0.15, 0.2) is 0 Å². The first-order valence-corrected chi connectivity index (χ1v) is 6.48. The molecule has 0 radical (unpaired) electrons. The molecule has 0 aromatic carbocycles. The van der Waals surface area contributed by atoms with Gasteiger partial charge in [-0.05, 0) is 32.2 Å². The maximum Gasteiger partial charge on any atom is 0.0740 e. The molecule has 0 aromatic heterocycles. The lowest BCUT2D eigenvalue weighted by Crippen LogP contribution is -2.39. The van der Waals surface area contributed by atoms with E-state index in [0.717, 1.165) is 18.9 Å². The van der Waals surface area contributed by atoms with E-state index in [1.54, 1.807) is 0 Å². The summed E-state index contributed by atoms with van der Waals surface area (Å²) in [4.78, 5) is 0. The lowest BCUT2D eigenvalue weighted by atomic mass is 9.98. The second-order valence-electron chi connectivity index (χ2n) is 4.90. The van der Waals surface area contributed by atoms with Gasteiger partial charge >= 0.3 is 0 Å². The van der Waals surface area contributed by atoms with Crippen molar-refractivity contribution < 1.29 is 5.11 Å². The van der Waals surface area contributed by atoms with Crippen LogP contribution in [0.3, 0.4) is 0 Å². The summed E-state index contributed by atoms with van der Waals surface area (Å²) in [5.41, 5.74) is -0.539. The third-order valence-electron chi connectivity index (χ3n) is 3.24. The lowest BCUT2D eigenvalue weighted by molar-refractivity contribution is 0.0548. The molecule has 15 heavy (non-hydrogen) atoms. The van der Waals surface area contributed by atoms with Crippen LogP contribution in [0.2, 0.25) is 0 Å². The van der Waals surface area contributed by atoms with E-state index >= 15 is 0 Å². The number of nitrogens with one attached hydrogen (secondary N) is 1. The van der Waals surface area contributed by atoms with Crippen molar-refractivity contribution in [1.29, 1.82) is 0 Å². The molecule has 2 atom stereocenters. The predicted octanol–water partition coefficient (Wildman–Crippen LogP) is 2.95. The van der Waals surface area contributed by atoms with Crippen molar-refractivity contribution in [2.24, 2.45) is 5.92 Å². The molecule has 0 saturated carbocycles. The molecule has 2 N–H and O–H groups in total. The van der Waals surface area contributed by atoms with Gasteiger partial charge in [-0.2, -0.15) is 0 Å². The molecule has 0 aromatic rings. The molecule has 0 saturated heterocycles. The molecule has 0 fully saturated rings. The minimum Gasteiger partial charge on any atom is -0.389 e. The highest BCUT2D eigenvalue weighted by molar-refractivity contribution is 4.74. The second-order valence-corrected chi connectivity index (χ2v) is 4.90. The van der Waals surface area contributed by atoms with Crippen molar-refractivity contribution in [2.75, 3.05) is 13.1 Å². The molecule has 0 heterocycles. The van der Waals surface area contributed by atoms with Gasteiger partial charge in [-0.25, -0.2) is 0 Å². The largest absolute Gasteiger partial charge is 0.389 e. The zero-order valence-corrected chi connectivity index (χ0v) is 11.0. The van der Waals surface area contributed by atoms with E-state index in [4.69, 9.17) is 0 Å². The highest BCUT2D eigenvalue weighted by atomic mass is 16.3. The van der Waals surface area contributed by atoms with Crippen LogP contribution in [0.5, 0.6) is 0 Å². The first kappa shape index (κ1) is 14.9. The van der Waals surface area contributed by atoms with Gasteiger partial charge < -0.3 is 10.4 Å². The monoisotopic (exact) mass is 215 g/mol. The highest BCUT2D eigenvalue weighted by Crippen LogP contribution is 2.12. The van der Waals surface area contributed by atoms with Crippen LogP contribution in [0.25, 0.3) is 0 Å². The molecule has 2 nitrogen and oxygen atoms in total. The molecule has 0 aliphatic rings. The van der Waals surface area contributed by atoms with Crippen molar-refractivity contribution in [3.8, 4) is 0 Å². The molecular weight excluding hydrogens is 186 g/mol. The van der Waals surface area contributed by atoms with Gasteiger partial charge in [0.2, 0.25) is 0 Å². The minimum atomic E-state index is -0.539. The van der Waals surface area contributed by atoms with E-state index < -0.39 is 5.60 Å². The van der Waals surface area contributed by atoms with Crippen molar-refractivity contribution >= 4 is 0 Å². The lowest BCUT2D eigenvalue weighted by Gasteiger charge is -2.23. The first-order valence-electron chi connectivity index (χ1n) is 6.48. The molecule has 2 unspecified atom stereocenters. The number of unbranched alkanes of at least 4 members (excludes halogenated alkanes) is 1. The van der Waals surface area contributed by atoms with Crippen LogP contribution in [0.4, 0.5) is 0 Å². The van der Waals surface area contributed by atoms with Crippen LogP contribution in [0.1, 0.15) is 59.8 Å². The zero-order chi connectivity index (χ0) is 11.7. The van der Waals surface area contributed by atoms with Gasteiger partial charge in [0, 0.05) is 6.54 Å². The Hall–Kier alpha value is -0.0800. The van der Waals surface area contributed by atoms with Crippen LogP contribution in [0.15, 0.2) is 0 Å². The van der Waals surface area contributed by atoms with E-state index in [9.17, 15) is 5.11 Å². The van der Waals surface area contributed by atoms with E-state index in [1.165, 1.54) is 25.7 Å². The Morgan fingerprint density at radius 2 is 1.93 bits per heavy atom. The van der Waals surface area contributed by atoms with Crippen molar-refractivity contribution in [1.82, 2.24) is 5.32 Å². The first-order chi connectivity index (χ1) is 7.05. The summed E-state index contributed by atoms with van der Waals surface area (Å²) in [5, 5.41) is 13.2. The predicted molar refractivity (Wildman–Crippen MR) is 67.1 cm³/mol. The van der Waals surface area contributed by atoms with Crippen LogP contribution in [-0.4, -0.2) is 23.8 Å². The summed E-state index contributed by atoms with van der Waals surface area (Å²) >= 11 is 0.